The number of amides is 2. The van der Waals surface area contributed by atoms with Crippen molar-refractivity contribution < 1.29 is 14.0 Å². The summed E-state index contributed by atoms with van der Waals surface area (Å²) in [6, 6.07) is 11.5. The van der Waals surface area contributed by atoms with Crippen molar-refractivity contribution >= 4 is 31.0 Å². The fourth-order valence-electron chi connectivity index (χ4n) is 6.45. The van der Waals surface area contributed by atoms with Crippen LogP contribution in [-0.4, -0.2) is 19.9 Å². The van der Waals surface area contributed by atoms with Crippen LogP contribution in [0.15, 0.2) is 40.8 Å². The Morgan fingerprint density at radius 2 is 1.53 bits per heavy atom. The number of benzene rings is 1. The molecule has 0 N–H and O–H groups in total. The van der Waals surface area contributed by atoms with Gasteiger partial charge in [-0.2, -0.15) is 0 Å². The van der Waals surface area contributed by atoms with Gasteiger partial charge in [-0.25, -0.2) is 4.90 Å². The fraction of sp³-hybridized carbons (Fsp3) is 0.520. The number of para-hydroxylation sites is 1. The van der Waals surface area contributed by atoms with E-state index >= 15 is 0 Å². The van der Waals surface area contributed by atoms with Gasteiger partial charge in [-0.1, -0.05) is 59.7 Å². The predicted molar refractivity (Wildman–Crippen MR) is 123 cm³/mol. The van der Waals surface area contributed by atoms with Crippen LogP contribution < -0.4 is 10.3 Å². The second-order valence-corrected chi connectivity index (χ2v) is 15.7. The van der Waals surface area contributed by atoms with E-state index in [0.29, 0.717) is 28.7 Å². The summed E-state index contributed by atoms with van der Waals surface area (Å²) in [5.41, 5.74) is 3.23. The van der Waals surface area contributed by atoms with Crippen LogP contribution in [0.25, 0.3) is 0 Å². The molecule has 1 aromatic heterocycles. The molecular formula is C25H33NO3Si. The molecule has 0 radical (unpaired) electrons. The first kappa shape index (κ1) is 21.1. The van der Waals surface area contributed by atoms with Gasteiger partial charge >= 0.3 is 0 Å². The highest BCUT2D eigenvalue weighted by molar-refractivity contribution is 6.94. The molecule has 0 spiro atoms. The van der Waals surface area contributed by atoms with Crippen molar-refractivity contribution in [2.75, 3.05) is 4.90 Å². The van der Waals surface area contributed by atoms with Gasteiger partial charge in [0.25, 0.3) is 0 Å². The Labute approximate surface area is 180 Å². The summed E-state index contributed by atoms with van der Waals surface area (Å²) in [7, 11) is -1.96. The number of aryl methyl sites for hydroxylation is 1. The summed E-state index contributed by atoms with van der Waals surface area (Å²) in [5.74, 6) is 0.0854. The van der Waals surface area contributed by atoms with E-state index in [4.69, 9.17) is 4.42 Å². The first-order chi connectivity index (χ1) is 14.2. The average molecular weight is 424 g/mol. The number of carbonyl (C=O) groups is 2. The van der Waals surface area contributed by atoms with Crippen LogP contribution in [-0.2, 0) is 16.0 Å². The molecule has 0 bridgehead atoms. The maximum atomic E-state index is 13.4. The molecule has 1 saturated heterocycles. The molecule has 1 fully saturated rings. The molecule has 0 unspecified atom stereocenters. The van der Waals surface area contributed by atoms with E-state index in [9.17, 15) is 9.59 Å². The first-order valence-corrected chi connectivity index (χ1v) is 13.5. The second-order valence-electron chi connectivity index (χ2n) is 9.86. The molecule has 2 aromatic rings. The van der Waals surface area contributed by atoms with E-state index in [1.807, 2.05) is 30.3 Å². The van der Waals surface area contributed by atoms with E-state index in [1.54, 1.807) is 0 Å². The summed E-state index contributed by atoms with van der Waals surface area (Å²) in [5, 5.41) is 1.12. The summed E-state index contributed by atoms with van der Waals surface area (Å²) in [4.78, 5) is 28.0. The maximum absolute atomic E-state index is 13.4. The lowest BCUT2D eigenvalue weighted by Gasteiger charge is -2.41. The number of fused-ring (bicyclic) bond motifs is 3. The van der Waals surface area contributed by atoms with Gasteiger partial charge in [0, 0.05) is 12.0 Å². The number of anilines is 1. The molecule has 2 aliphatic rings. The van der Waals surface area contributed by atoms with Crippen LogP contribution in [0, 0.1) is 5.92 Å². The number of hydrogen-bond donors (Lipinski definition) is 0. The fourth-order valence-corrected chi connectivity index (χ4v) is 12.9. The van der Waals surface area contributed by atoms with Crippen LogP contribution in [0.4, 0.5) is 5.69 Å². The number of imide groups is 1. The molecular weight excluding hydrogens is 390 g/mol. The van der Waals surface area contributed by atoms with Crippen molar-refractivity contribution in [3.63, 3.8) is 0 Å². The zero-order valence-electron chi connectivity index (χ0n) is 18.9. The summed E-state index contributed by atoms with van der Waals surface area (Å²) >= 11 is 0. The van der Waals surface area contributed by atoms with Crippen molar-refractivity contribution in [2.24, 2.45) is 5.92 Å². The quantitative estimate of drug-likeness (QED) is 0.479. The van der Waals surface area contributed by atoms with Gasteiger partial charge in [0.2, 0.25) is 11.8 Å². The normalized spacial score (nSPS) is 21.7. The Morgan fingerprint density at radius 1 is 0.933 bits per heavy atom. The van der Waals surface area contributed by atoms with Gasteiger partial charge in [-0.05, 0) is 41.2 Å². The molecule has 30 heavy (non-hydrogen) atoms. The van der Waals surface area contributed by atoms with Crippen molar-refractivity contribution in [3.05, 3.63) is 47.7 Å². The number of furan rings is 1. The Bertz CT molecular complexity index is 938. The van der Waals surface area contributed by atoms with Gasteiger partial charge in [0.05, 0.1) is 22.9 Å². The minimum atomic E-state index is -1.96. The Hall–Kier alpha value is -2.14. The minimum Gasteiger partial charge on any atom is -0.471 e. The van der Waals surface area contributed by atoms with Crippen LogP contribution in [0.2, 0.25) is 16.6 Å². The van der Waals surface area contributed by atoms with Crippen molar-refractivity contribution in [1.82, 2.24) is 0 Å². The Morgan fingerprint density at radius 3 is 2.10 bits per heavy atom. The number of hydrogen-bond acceptors (Lipinski definition) is 3. The number of nitrogens with zero attached hydrogens (tertiary/aromatic N) is 1. The molecule has 5 heteroatoms. The van der Waals surface area contributed by atoms with Crippen molar-refractivity contribution in [2.45, 2.75) is 76.9 Å². The third kappa shape index (κ3) is 2.85. The number of rotatable bonds is 5. The van der Waals surface area contributed by atoms with Crippen molar-refractivity contribution in [3.8, 4) is 0 Å². The molecule has 4 nitrogen and oxygen atoms in total. The van der Waals surface area contributed by atoms with Crippen LogP contribution >= 0.6 is 0 Å². The van der Waals surface area contributed by atoms with Gasteiger partial charge < -0.3 is 4.42 Å². The SMILES string of the molecule is CC(C)[Si](c1cc2c(o1)CC[C@@H]1C(=O)N(c3ccccc3)C(=O)[C@H]21)(C(C)C)C(C)C. The smallest absolute Gasteiger partial charge is 0.242 e. The Balaban J connectivity index is 1.80. The average Bonchev–Trinajstić information content (AvgIpc) is 3.21. The summed E-state index contributed by atoms with van der Waals surface area (Å²) < 4.78 is 6.57. The third-order valence-corrected chi connectivity index (χ3v) is 14.4. The molecule has 0 saturated carbocycles. The van der Waals surface area contributed by atoms with Gasteiger partial charge in [-0.15, -0.1) is 0 Å². The van der Waals surface area contributed by atoms with Crippen LogP contribution in [0.1, 0.15) is 65.2 Å². The molecule has 1 aliphatic heterocycles. The first-order valence-electron chi connectivity index (χ1n) is 11.3. The molecule has 160 valence electrons. The van der Waals surface area contributed by atoms with Crippen LogP contribution in [0.5, 0.6) is 0 Å². The van der Waals surface area contributed by atoms with Gasteiger partial charge in [0.15, 0.2) is 0 Å². The molecule has 2 amide bonds. The topological polar surface area (TPSA) is 50.5 Å². The van der Waals surface area contributed by atoms with E-state index in [2.05, 4.69) is 47.6 Å². The van der Waals surface area contributed by atoms with Crippen LogP contribution in [0.3, 0.4) is 0 Å². The zero-order valence-corrected chi connectivity index (χ0v) is 19.9. The lowest BCUT2D eigenvalue weighted by atomic mass is 9.80. The van der Waals surface area contributed by atoms with Gasteiger partial charge in [0.1, 0.15) is 13.8 Å². The molecule has 1 aliphatic carbocycles. The number of carbonyl (C=O) groups excluding carboxylic acids is 2. The minimum absolute atomic E-state index is 0.0651. The monoisotopic (exact) mass is 423 g/mol. The zero-order chi connectivity index (χ0) is 21.8. The lowest BCUT2D eigenvalue weighted by molar-refractivity contribution is -0.122. The highest BCUT2D eigenvalue weighted by Gasteiger charge is 2.54. The lowest BCUT2D eigenvalue weighted by Crippen LogP contribution is -2.55. The predicted octanol–water partition coefficient (Wildman–Crippen LogP) is 5.38. The Kier molecular flexibility index (Phi) is 5.29. The third-order valence-electron chi connectivity index (χ3n) is 7.59. The van der Waals surface area contributed by atoms with E-state index in [1.165, 1.54) is 4.90 Å². The second kappa shape index (κ2) is 7.52. The van der Waals surface area contributed by atoms with E-state index in [0.717, 1.165) is 23.1 Å². The molecule has 4 rings (SSSR count). The van der Waals surface area contributed by atoms with E-state index in [-0.39, 0.29) is 17.7 Å². The largest absolute Gasteiger partial charge is 0.471 e. The highest BCUT2D eigenvalue weighted by atomic mass is 28.3. The molecule has 2 heterocycles. The van der Waals surface area contributed by atoms with E-state index < -0.39 is 14.0 Å². The highest BCUT2D eigenvalue weighted by Crippen LogP contribution is 2.47. The van der Waals surface area contributed by atoms with Crippen molar-refractivity contribution in [1.29, 1.82) is 0 Å². The maximum Gasteiger partial charge on any atom is 0.242 e. The molecule has 1 aromatic carbocycles. The standard InChI is InChI=1S/C25H33NO3Si/c1-15(2)30(16(3)4,17(5)6)22-14-20-21(29-22)13-12-19-23(20)25(28)26(24(19)27)18-10-8-7-9-11-18/h7-11,14-17,19,23H,12-13H2,1-6H3/t19-,23-/m0/s1. The summed E-state index contributed by atoms with van der Waals surface area (Å²) in [6.07, 6.45) is 1.41. The van der Waals surface area contributed by atoms with Gasteiger partial charge in [-0.3, -0.25) is 9.59 Å². The molecule has 2 atom stereocenters. The summed E-state index contributed by atoms with van der Waals surface area (Å²) in [6.45, 7) is 13.9.